The summed E-state index contributed by atoms with van der Waals surface area (Å²) in [6.45, 7) is 7.22. The molecule has 5 nitrogen and oxygen atoms in total. The first kappa shape index (κ1) is 20.6. The van der Waals surface area contributed by atoms with Gasteiger partial charge in [0.05, 0.1) is 6.54 Å². The summed E-state index contributed by atoms with van der Waals surface area (Å²) in [5.41, 5.74) is 3.73. The lowest BCUT2D eigenvalue weighted by Gasteiger charge is -2.24. The molecule has 2 aromatic rings. The Morgan fingerprint density at radius 3 is 2.11 bits per heavy atom. The van der Waals surface area contributed by atoms with Gasteiger partial charge in [0.1, 0.15) is 6.54 Å². The van der Waals surface area contributed by atoms with Crippen LogP contribution in [0.1, 0.15) is 36.7 Å². The lowest BCUT2D eigenvalue weighted by atomic mass is 10.1. The number of likely N-dealkylation sites (N-methyl/N-ethyl adjacent to an activating group) is 1. The average molecular weight is 369 g/mol. The van der Waals surface area contributed by atoms with Crippen molar-refractivity contribution in [3.8, 4) is 0 Å². The molecule has 0 aliphatic rings. The molecule has 2 rings (SSSR count). The average Bonchev–Trinajstić information content (AvgIpc) is 2.66. The SMILES string of the molecule is CC[NH+](Cc1ccc(N(C)C)cc1)[C@@H](C)C(=O)Nc1ccc(C(C)=O)cc1. The Balaban J connectivity index is 2.00. The zero-order valence-electron chi connectivity index (χ0n) is 16.9. The summed E-state index contributed by atoms with van der Waals surface area (Å²) in [7, 11) is 4.04. The Labute approximate surface area is 162 Å². The molecular weight excluding hydrogens is 338 g/mol. The molecule has 0 spiro atoms. The highest BCUT2D eigenvalue weighted by Gasteiger charge is 2.24. The predicted molar refractivity (Wildman–Crippen MR) is 111 cm³/mol. The van der Waals surface area contributed by atoms with Gasteiger partial charge in [-0.15, -0.1) is 0 Å². The summed E-state index contributed by atoms with van der Waals surface area (Å²) < 4.78 is 0. The molecule has 0 aliphatic heterocycles. The third-order valence-electron chi connectivity index (χ3n) is 4.90. The van der Waals surface area contributed by atoms with Gasteiger partial charge in [0, 0.05) is 36.6 Å². The van der Waals surface area contributed by atoms with Gasteiger partial charge in [0.2, 0.25) is 0 Å². The number of hydrogen-bond donors (Lipinski definition) is 2. The highest BCUT2D eigenvalue weighted by Crippen LogP contribution is 2.12. The van der Waals surface area contributed by atoms with Crippen LogP contribution in [0.4, 0.5) is 11.4 Å². The lowest BCUT2D eigenvalue weighted by molar-refractivity contribution is -0.925. The molecule has 27 heavy (non-hydrogen) atoms. The van der Waals surface area contributed by atoms with Crippen molar-refractivity contribution >= 4 is 23.1 Å². The van der Waals surface area contributed by atoms with Gasteiger partial charge in [-0.3, -0.25) is 9.59 Å². The van der Waals surface area contributed by atoms with Crippen LogP contribution in [0.3, 0.4) is 0 Å². The van der Waals surface area contributed by atoms with Gasteiger partial charge in [-0.25, -0.2) is 0 Å². The van der Waals surface area contributed by atoms with Gasteiger partial charge in [0.15, 0.2) is 11.8 Å². The van der Waals surface area contributed by atoms with Crippen LogP contribution in [-0.2, 0) is 11.3 Å². The molecule has 0 aliphatic carbocycles. The van der Waals surface area contributed by atoms with Crippen molar-refractivity contribution in [2.24, 2.45) is 0 Å². The van der Waals surface area contributed by atoms with Crippen LogP contribution < -0.4 is 15.1 Å². The third kappa shape index (κ3) is 5.66. The number of ketones is 1. The van der Waals surface area contributed by atoms with Gasteiger partial charge in [0.25, 0.3) is 5.91 Å². The smallest absolute Gasteiger partial charge is 0.282 e. The van der Waals surface area contributed by atoms with E-state index in [9.17, 15) is 9.59 Å². The number of carbonyl (C=O) groups is 2. The van der Waals surface area contributed by atoms with E-state index in [2.05, 4.69) is 41.4 Å². The Morgan fingerprint density at radius 2 is 1.63 bits per heavy atom. The van der Waals surface area contributed by atoms with Crippen LogP contribution in [0.5, 0.6) is 0 Å². The fourth-order valence-corrected chi connectivity index (χ4v) is 2.98. The van der Waals surface area contributed by atoms with Crippen molar-refractivity contribution in [3.63, 3.8) is 0 Å². The monoisotopic (exact) mass is 368 g/mol. The first-order valence-electron chi connectivity index (χ1n) is 9.34. The zero-order valence-corrected chi connectivity index (χ0v) is 16.9. The van der Waals surface area contributed by atoms with Gasteiger partial charge < -0.3 is 15.1 Å². The summed E-state index contributed by atoms with van der Waals surface area (Å²) in [6.07, 6.45) is 0. The van der Waals surface area contributed by atoms with E-state index in [1.807, 2.05) is 21.0 Å². The first-order valence-corrected chi connectivity index (χ1v) is 9.34. The zero-order chi connectivity index (χ0) is 20.0. The Kier molecular flexibility index (Phi) is 7.13. The fourth-order valence-electron chi connectivity index (χ4n) is 2.98. The third-order valence-corrected chi connectivity index (χ3v) is 4.90. The molecule has 0 saturated heterocycles. The maximum Gasteiger partial charge on any atom is 0.282 e. The maximum absolute atomic E-state index is 12.7. The summed E-state index contributed by atoms with van der Waals surface area (Å²) in [6, 6.07) is 15.3. The highest BCUT2D eigenvalue weighted by atomic mass is 16.2. The Morgan fingerprint density at radius 1 is 1.04 bits per heavy atom. The highest BCUT2D eigenvalue weighted by molar-refractivity contribution is 5.96. The maximum atomic E-state index is 12.7. The Hall–Kier alpha value is -2.66. The van der Waals surface area contributed by atoms with Crippen molar-refractivity contribution in [1.29, 1.82) is 0 Å². The molecule has 0 radical (unpaired) electrons. The van der Waals surface area contributed by atoms with Crippen LogP contribution in [0.25, 0.3) is 0 Å². The molecule has 0 fully saturated rings. The molecule has 2 atom stereocenters. The topological polar surface area (TPSA) is 53.9 Å². The molecule has 1 unspecified atom stereocenters. The van der Waals surface area contributed by atoms with E-state index in [1.54, 1.807) is 24.3 Å². The number of quaternary nitrogens is 1. The van der Waals surface area contributed by atoms with Crippen LogP contribution in [0.2, 0.25) is 0 Å². The molecule has 0 saturated carbocycles. The fraction of sp³-hybridized carbons (Fsp3) is 0.364. The first-order chi connectivity index (χ1) is 12.8. The minimum atomic E-state index is -0.184. The van der Waals surface area contributed by atoms with Crippen molar-refractivity contribution in [2.75, 3.05) is 30.9 Å². The van der Waals surface area contributed by atoms with E-state index in [0.717, 1.165) is 18.8 Å². The summed E-state index contributed by atoms with van der Waals surface area (Å²) in [5.74, 6) is -0.00420. The summed E-state index contributed by atoms with van der Waals surface area (Å²) >= 11 is 0. The summed E-state index contributed by atoms with van der Waals surface area (Å²) in [4.78, 5) is 27.3. The molecule has 144 valence electrons. The molecular formula is C22H30N3O2+. The van der Waals surface area contributed by atoms with E-state index in [1.165, 1.54) is 17.4 Å². The lowest BCUT2D eigenvalue weighted by Crippen LogP contribution is -3.15. The quantitative estimate of drug-likeness (QED) is 0.704. The number of rotatable bonds is 8. The second-order valence-electron chi connectivity index (χ2n) is 7.09. The van der Waals surface area contributed by atoms with E-state index >= 15 is 0 Å². The van der Waals surface area contributed by atoms with Crippen LogP contribution in [-0.4, -0.2) is 38.4 Å². The van der Waals surface area contributed by atoms with Crippen molar-refractivity contribution in [1.82, 2.24) is 0 Å². The Bertz CT molecular complexity index is 767. The van der Waals surface area contributed by atoms with Crippen LogP contribution in [0, 0.1) is 0 Å². The normalized spacial score (nSPS) is 12.9. The van der Waals surface area contributed by atoms with E-state index < -0.39 is 0 Å². The molecule has 1 amide bonds. The largest absolute Gasteiger partial charge is 0.378 e. The van der Waals surface area contributed by atoms with Crippen LogP contribution >= 0.6 is 0 Å². The standard InChI is InChI=1S/C22H29N3O2/c1-6-25(15-18-7-13-21(14-8-18)24(4)5)16(2)22(27)23-20-11-9-19(10-12-20)17(3)26/h7-14,16H,6,15H2,1-5H3,(H,23,27)/p+1/t16-/m0/s1. The minimum Gasteiger partial charge on any atom is -0.378 e. The van der Waals surface area contributed by atoms with Crippen molar-refractivity contribution in [2.45, 2.75) is 33.4 Å². The number of Topliss-reactive ketones (excluding diaryl/α,β-unsaturated/α-hetero) is 1. The van der Waals surface area contributed by atoms with E-state index in [4.69, 9.17) is 0 Å². The van der Waals surface area contributed by atoms with E-state index in [0.29, 0.717) is 11.3 Å². The molecule has 0 bridgehead atoms. The number of anilines is 2. The summed E-state index contributed by atoms with van der Waals surface area (Å²) in [5, 5.41) is 2.95. The molecule has 0 aromatic heterocycles. The number of amides is 1. The molecule has 2 N–H and O–H groups in total. The predicted octanol–water partition coefficient (Wildman–Crippen LogP) is 2.39. The number of carbonyl (C=O) groups excluding carboxylic acids is 2. The second-order valence-corrected chi connectivity index (χ2v) is 7.09. The number of hydrogen-bond acceptors (Lipinski definition) is 3. The van der Waals surface area contributed by atoms with Crippen molar-refractivity contribution < 1.29 is 14.5 Å². The van der Waals surface area contributed by atoms with Crippen molar-refractivity contribution in [3.05, 3.63) is 59.7 Å². The number of benzene rings is 2. The molecule has 5 heteroatoms. The van der Waals surface area contributed by atoms with Crippen LogP contribution in [0.15, 0.2) is 48.5 Å². The van der Waals surface area contributed by atoms with Gasteiger partial charge >= 0.3 is 0 Å². The molecule has 2 aromatic carbocycles. The molecule has 0 heterocycles. The van der Waals surface area contributed by atoms with E-state index in [-0.39, 0.29) is 17.7 Å². The minimum absolute atomic E-state index is 0.0168. The van der Waals surface area contributed by atoms with Gasteiger partial charge in [-0.05, 0) is 57.2 Å². The second kappa shape index (κ2) is 9.33. The number of nitrogens with one attached hydrogen (secondary N) is 2. The number of nitrogens with zero attached hydrogens (tertiary/aromatic N) is 1. The van der Waals surface area contributed by atoms with Gasteiger partial charge in [-0.1, -0.05) is 12.1 Å². The van der Waals surface area contributed by atoms with Gasteiger partial charge in [-0.2, -0.15) is 0 Å².